The molecule has 0 aliphatic heterocycles. The zero-order valence-electron chi connectivity index (χ0n) is 15.1. The molecule has 1 unspecified atom stereocenters. The van der Waals surface area contributed by atoms with Gasteiger partial charge >= 0.3 is 0 Å². The highest BCUT2D eigenvalue weighted by molar-refractivity contribution is 5.38. The highest BCUT2D eigenvalue weighted by Crippen LogP contribution is 2.29. The van der Waals surface area contributed by atoms with Crippen LogP contribution >= 0.6 is 0 Å². The van der Waals surface area contributed by atoms with Crippen LogP contribution in [0.4, 0.5) is 0 Å². The van der Waals surface area contributed by atoms with Gasteiger partial charge in [0.15, 0.2) is 0 Å². The van der Waals surface area contributed by atoms with E-state index in [2.05, 4.69) is 18.2 Å². The van der Waals surface area contributed by atoms with Gasteiger partial charge in [0, 0.05) is 5.92 Å². The van der Waals surface area contributed by atoms with Gasteiger partial charge in [-0.15, -0.1) is 0 Å². The molecule has 3 heteroatoms. The Hall–Kier alpha value is -2.78. The number of para-hydroxylation sites is 2. The number of hydrogen-bond donors (Lipinski definition) is 1. The van der Waals surface area contributed by atoms with Crippen molar-refractivity contribution in [2.75, 3.05) is 13.2 Å². The summed E-state index contributed by atoms with van der Waals surface area (Å²) in [5, 5.41) is 0. The average molecular weight is 347 g/mol. The van der Waals surface area contributed by atoms with Gasteiger partial charge in [0.05, 0.1) is 6.61 Å². The maximum Gasteiger partial charge on any atom is 0.127 e. The maximum atomic E-state index is 6.10. The van der Waals surface area contributed by atoms with Gasteiger partial charge in [-0.05, 0) is 61.3 Å². The van der Waals surface area contributed by atoms with Crippen LogP contribution in [0.3, 0.4) is 0 Å². The van der Waals surface area contributed by atoms with Crippen molar-refractivity contribution >= 4 is 0 Å². The van der Waals surface area contributed by atoms with Crippen LogP contribution in [0, 0.1) is 0 Å². The SMILES string of the molecule is CCOc1ccccc1CC(CN)c1cccc(Oc2ccccc2)c1. The normalized spacial score (nSPS) is 11.8. The number of ether oxygens (including phenoxy) is 2. The van der Waals surface area contributed by atoms with Crippen molar-refractivity contribution in [1.29, 1.82) is 0 Å². The fraction of sp³-hybridized carbons (Fsp3) is 0.217. The molecule has 0 aliphatic rings. The standard InChI is InChI=1S/C23H25NO2/c1-2-25-23-14-7-6-9-19(23)15-20(17-24)18-10-8-13-22(16-18)26-21-11-4-3-5-12-21/h3-14,16,20H,2,15,17,24H2,1H3. The summed E-state index contributed by atoms with van der Waals surface area (Å²) in [6.45, 7) is 3.22. The Morgan fingerprint density at radius 2 is 1.58 bits per heavy atom. The molecule has 2 N–H and O–H groups in total. The lowest BCUT2D eigenvalue weighted by atomic mass is 9.91. The number of benzene rings is 3. The van der Waals surface area contributed by atoms with E-state index < -0.39 is 0 Å². The minimum atomic E-state index is 0.205. The fourth-order valence-electron chi connectivity index (χ4n) is 3.03. The molecule has 3 nitrogen and oxygen atoms in total. The molecule has 1 atom stereocenters. The molecule has 0 spiro atoms. The predicted molar refractivity (Wildman–Crippen MR) is 106 cm³/mol. The van der Waals surface area contributed by atoms with E-state index in [1.54, 1.807) is 0 Å². The third kappa shape index (κ3) is 4.64. The Morgan fingerprint density at radius 1 is 0.846 bits per heavy atom. The van der Waals surface area contributed by atoms with Crippen molar-refractivity contribution in [2.45, 2.75) is 19.3 Å². The van der Waals surface area contributed by atoms with Crippen LogP contribution in [-0.4, -0.2) is 13.2 Å². The molecule has 0 saturated heterocycles. The Kier molecular flexibility index (Phi) is 6.29. The summed E-state index contributed by atoms with van der Waals surface area (Å²) in [5.41, 5.74) is 8.45. The van der Waals surface area contributed by atoms with E-state index in [0.717, 1.165) is 23.7 Å². The molecule has 134 valence electrons. The van der Waals surface area contributed by atoms with Crippen molar-refractivity contribution in [3.8, 4) is 17.2 Å². The highest BCUT2D eigenvalue weighted by atomic mass is 16.5. The Morgan fingerprint density at radius 3 is 2.35 bits per heavy atom. The van der Waals surface area contributed by atoms with Gasteiger partial charge in [-0.3, -0.25) is 0 Å². The first kappa shape index (κ1) is 18.0. The van der Waals surface area contributed by atoms with E-state index in [1.165, 1.54) is 11.1 Å². The molecule has 0 heterocycles. The molecular weight excluding hydrogens is 322 g/mol. The third-order valence-electron chi connectivity index (χ3n) is 4.33. The minimum absolute atomic E-state index is 0.205. The summed E-state index contributed by atoms with van der Waals surface area (Å²) in [6, 6.07) is 26.1. The number of nitrogens with two attached hydrogens (primary N) is 1. The van der Waals surface area contributed by atoms with E-state index in [9.17, 15) is 0 Å². The molecule has 0 fully saturated rings. The predicted octanol–water partition coefficient (Wildman–Crippen LogP) is 5.16. The van der Waals surface area contributed by atoms with E-state index in [1.807, 2.05) is 67.6 Å². The average Bonchev–Trinajstić information content (AvgIpc) is 2.68. The molecule has 0 amide bonds. The quantitative estimate of drug-likeness (QED) is 0.612. The second-order valence-electron chi connectivity index (χ2n) is 6.17. The Labute approximate surface area is 155 Å². The summed E-state index contributed by atoms with van der Waals surface area (Å²) >= 11 is 0. The third-order valence-corrected chi connectivity index (χ3v) is 4.33. The smallest absolute Gasteiger partial charge is 0.127 e. The lowest BCUT2D eigenvalue weighted by molar-refractivity contribution is 0.335. The van der Waals surface area contributed by atoms with E-state index >= 15 is 0 Å². The van der Waals surface area contributed by atoms with Crippen molar-refractivity contribution in [3.63, 3.8) is 0 Å². The molecular formula is C23H25NO2. The monoisotopic (exact) mass is 347 g/mol. The van der Waals surface area contributed by atoms with Crippen LogP contribution in [0.2, 0.25) is 0 Å². The summed E-state index contributed by atoms with van der Waals surface area (Å²) in [6.07, 6.45) is 0.835. The van der Waals surface area contributed by atoms with Crippen LogP contribution in [0.25, 0.3) is 0 Å². The van der Waals surface area contributed by atoms with Crippen molar-refractivity contribution in [2.24, 2.45) is 5.73 Å². The second-order valence-corrected chi connectivity index (χ2v) is 6.17. The van der Waals surface area contributed by atoms with Crippen LogP contribution in [0.5, 0.6) is 17.2 Å². The van der Waals surface area contributed by atoms with Crippen LogP contribution in [0.15, 0.2) is 78.9 Å². The molecule has 26 heavy (non-hydrogen) atoms. The largest absolute Gasteiger partial charge is 0.494 e. The summed E-state index contributed by atoms with van der Waals surface area (Å²) in [5.74, 6) is 2.79. The zero-order chi connectivity index (χ0) is 18.2. The molecule has 0 bridgehead atoms. The molecule has 0 radical (unpaired) electrons. The van der Waals surface area contributed by atoms with Gasteiger partial charge in [0.1, 0.15) is 17.2 Å². The molecule has 3 aromatic rings. The first-order valence-electron chi connectivity index (χ1n) is 9.03. The van der Waals surface area contributed by atoms with Gasteiger partial charge in [-0.2, -0.15) is 0 Å². The van der Waals surface area contributed by atoms with Crippen LogP contribution in [0.1, 0.15) is 24.0 Å². The number of hydrogen-bond acceptors (Lipinski definition) is 3. The van der Waals surface area contributed by atoms with Gasteiger partial charge in [0.2, 0.25) is 0 Å². The van der Waals surface area contributed by atoms with Gasteiger partial charge in [-0.1, -0.05) is 48.5 Å². The minimum Gasteiger partial charge on any atom is -0.494 e. The summed E-state index contributed by atoms with van der Waals surface area (Å²) < 4.78 is 11.7. The zero-order valence-corrected chi connectivity index (χ0v) is 15.1. The second kappa shape index (κ2) is 9.07. The highest BCUT2D eigenvalue weighted by Gasteiger charge is 2.14. The molecule has 0 saturated carbocycles. The molecule has 0 aromatic heterocycles. The molecule has 0 aliphatic carbocycles. The van der Waals surface area contributed by atoms with E-state index in [4.69, 9.17) is 15.2 Å². The fourth-order valence-corrected chi connectivity index (χ4v) is 3.03. The Bertz CT molecular complexity index is 817. The summed E-state index contributed by atoms with van der Waals surface area (Å²) in [4.78, 5) is 0. The number of rotatable bonds is 8. The summed E-state index contributed by atoms with van der Waals surface area (Å²) in [7, 11) is 0. The lowest BCUT2D eigenvalue weighted by Crippen LogP contribution is -2.15. The first-order chi connectivity index (χ1) is 12.8. The van der Waals surface area contributed by atoms with Crippen LogP contribution < -0.4 is 15.2 Å². The van der Waals surface area contributed by atoms with Crippen molar-refractivity contribution in [3.05, 3.63) is 90.0 Å². The molecule has 3 aromatic carbocycles. The van der Waals surface area contributed by atoms with Crippen molar-refractivity contribution < 1.29 is 9.47 Å². The molecule has 3 rings (SSSR count). The van der Waals surface area contributed by atoms with Crippen molar-refractivity contribution in [1.82, 2.24) is 0 Å². The van der Waals surface area contributed by atoms with Gasteiger partial charge in [0.25, 0.3) is 0 Å². The van der Waals surface area contributed by atoms with E-state index in [-0.39, 0.29) is 5.92 Å². The van der Waals surface area contributed by atoms with E-state index in [0.29, 0.717) is 13.2 Å². The van der Waals surface area contributed by atoms with Crippen LogP contribution in [-0.2, 0) is 6.42 Å². The lowest BCUT2D eigenvalue weighted by Gasteiger charge is -2.18. The topological polar surface area (TPSA) is 44.5 Å². The maximum absolute atomic E-state index is 6.10. The van der Waals surface area contributed by atoms with Gasteiger partial charge in [-0.25, -0.2) is 0 Å². The Balaban J connectivity index is 1.79. The van der Waals surface area contributed by atoms with Gasteiger partial charge < -0.3 is 15.2 Å². The first-order valence-corrected chi connectivity index (χ1v) is 9.03.